The summed E-state index contributed by atoms with van der Waals surface area (Å²) in [6.45, 7) is 2.02. The zero-order chi connectivity index (χ0) is 18.9. The number of rotatable bonds is 4. The van der Waals surface area contributed by atoms with Crippen LogP contribution in [0, 0.1) is 5.92 Å². The first-order chi connectivity index (χ1) is 13.8. The van der Waals surface area contributed by atoms with E-state index in [1.54, 1.807) is 0 Å². The third-order valence-electron chi connectivity index (χ3n) is 5.71. The average molecular weight is 374 g/mol. The third-order valence-corrected chi connectivity index (χ3v) is 5.71. The highest BCUT2D eigenvalue weighted by molar-refractivity contribution is 5.81. The van der Waals surface area contributed by atoms with E-state index in [4.69, 9.17) is 4.52 Å². The van der Waals surface area contributed by atoms with E-state index in [-0.39, 0.29) is 17.9 Å². The molecule has 1 amide bonds. The summed E-state index contributed by atoms with van der Waals surface area (Å²) in [5, 5.41) is 4.14. The van der Waals surface area contributed by atoms with E-state index in [1.165, 1.54) is 5.56 Å². The van der Waals surface area contributed by atoms with Crippen molar-refractivity contribution in [3.05, 3.63) is 66.2 Å². The standard InChI is InChI=1S/C22H22N4O2/c27-21-18-11-12-19(26(21)13-16-7-3-1-4-8-16)15-25(14-18)22-23-20(24-28-22)17-9-5-2-6-10-17/h1-10,18-19H,11-15H2/t18-,19+/m0/s1. The molecule has 0 spiro atoms. The van der Waals surface area contributed by atoms with Crippen LogP contribution in [0.15, 0.2) is 65.2 Å². The van der Waals surface area contributed by atoms with Gasteiger partial charge in [-0.15, -0.1) is 0 Å². The maximum Gasteiger partial charge on any atom is 0.324 e. The van der Waals surface area contributed by atoms with Crippen LogP contribution in [-0.2, 0) is 11.3 Å². The summed E-state index contributed by atoms with van der Waals surface area (Å²) in [5.74, 6) is 0.805. The van der Waals surface area contributed by atoms with Crippen LogP contribution in [0.25, 0.3) is 11.4 Å². The Kier molecular flexibility index (Phi) is 4.31. The molecule has 3 aliphatic heterocycles. The maximum atomic E-state index is 13.0. The fourth-order valence-electron chi connectivity index (χ4n) is 4.23. The lowest BCUT2D eigenvalue weighted by molar-refractivity contribution is -0.140. The van der Waals surface area contributed by atoms with Crippen LogP contribution in [-0.4, -0.2) is 40.1 Å². The van der Waals surface area contributed by atoms with Crippen molar-refractivity contribution in [2.75, 3.05) is 18.0 Å². The highest BCUT2D eigenvalue weighted by Crippen LogP contribution is 2.32. The molecule has 6 heteroatoms. The molecular formula is C22H22N4O2. The lowest BCUT2D eigenvalue weighted by Crippen LogP contribution is -2.47. The number of nitrogens with zero attached hydrogens (tertiary/aromatic N) is 4. The van der Waals surface area contributed by atoms with Crippen molar-refractivity contribution in [2.24, 2.45) is 5.92 Å². The molecule has 0 N–H and O–H groups in total. The van der Waals surface area contributed by atoms with Gasteiger partial charge in [0, 0.05) is 31.2 Å². The first-order valence-corrected chi connectivity index (χ1v) is 9.76. The van der Waals surface area contributed by atoms with Gasteiger partial charge in [-0.1, -0.05) is 65.8 Å². The summed E-state index contributed by atoms with van der Waals surface area (Å²) in [4.78, 5) is 21.8. The zero-order valence-electron chi connectivity index (χ0n) is 15.6. The van der Waals surface area contributed by atoms with Crippen LogP contribution in [0.2, 0.25) is 0 Å². The molecule has 0 radical (unpaired) electrons. The number of hydrogen-bond donors (Lipinski definition) is 0. The van der Waals surface area contributed by atoms with Crippen molar-refractivity contribution in [3.63, 3.8) is 0 Å². The molecule has 142 valence electrons. The Labute approximate surface area is 163 Å². The summed E-state index contributed by atoms with van der Waals surface area (Å²) < 4.78 is 5.56. The quantitative estimate of drug-likeness (QED) is 0.701. The monoisotopic (exact) mass is 374 g/mol. The first kappa shape index (κ1) is 17.0. The van der Waals surface area contributed by atoms with Crippen LogP contribution >= 0.6 is 0 Å². The van der Waals surface area contributed by atoms with Gasteiger partial charge < -0.3 is 14.3 Å². The normalized spacial score (nSPS) is 21.8. The summed E-state index contributed by atoms with van der Waals surface area (Å²) in [7, 11) is 0. The molecule has 2 bridgehead atoms. The molecule has 6 nitrogen and oxygen atoms in total. The highest BCUT2D eigenvalue weighted by atomic mass is 16.5. The van der Waals surface area contributed by atoms with Crippen molar-refractivity contribution in [2.45, 2.75) is 25.4 Å². The van der Waals surface area contributed by atoms with Gasteiger partial charge in [0.1, 0.15) is 0 Å². The number of anilines is 1. The number of piperidine rings is 1. The SMILES string of the molecule is O=C1[C@H]2CC[C@H](CN(c3nc(-c4ccccc4)no3)C2)N1Cc1ccccc1. The third kappa shape index (κ3) is 3.15. The minimum atomic E-state index is -0.0189. The largest absolute Gasteiger partial charge is 0.333 e. The predicted molar refractivity (Wildman–Crippen MR) is 105 cm³/mol. The summed E-state index contributed by atoms with van der Waals surface area (Å²) >= 11 is 0. The Bertz CT molecular complexity index is 957. The van der Waals surface area contributed by atoms with Gasteiger partial charge in [-0.2, -0.15) is 4.98 Å². The van der Waals surface area contributed by atoms with Crippen molar-refractivity contribution < 1.29 is 9.32 Å². The Morgan fingerprint density at radius 3 is 2.50 bits per heavy atom. The van der Waals surface area contributed by atoms with Crippen LogP contribution in [0.3, 0.4) is 0 Å². The lowest BCUT2D eigenvalue weighted by atomic mass is 9.93. The van der Waals surface area contributed by atoms with E-state index >= 15 is 0 Å². The molecule has 1 aromatic heterocycles. The Morgan fingerprint density at radius 2 is 1.71 bits per heavy atom. The Balaban J connectivity index is 1.38. The Morgan fingerprint density at radius 1 is 0.964 bits per heavy atom. The summed E-state index contributed by atoms with van der Waals surface area (Å²) in [5.41, 5.74) is 2.09. The van der Waals surface area contributed by atoms with Gasteiger partial charge in [-0.05, 0) is 18.4 Å². The van der Waals surface area contributed by atoms with E-state index in [0.717, 1.165) is 24.9 Å². The minimum Gasteiger partial charge on any atom is -0.333 e. The van der Waals surface area contributed by atoms with Crippen LogP contribution < -0.4 is 4.90 Å². The molecular weight excluding hydrogens is 352 g/mol. The van der Waals surface area contributed by atoms with Gasteiger partial charge in [-0.3, -0.25) is 4.79 Å². The zero-order valence-corrected chi connectivity index (χ0v) is 15.6. The van der Waals surface area contributed by atoms with E-state index < -0.39 is 0 Å². The van der Waals surface area contributed by atoms with E-state index in [9.17, 15) is 4.79 Å². The van der Waals surface area contributed by atoms with Crippen molar-refractivity contribution in [1.29, 1.82) is 0 Å². The Hall–Kier alpha value is -3.15. The minimum absolute atomic E-state index is 0.0189. The number of carbonyl (C=O) groups is 1. The van der Waals surface area contributed by atoms with Crippen molar-refractivity contribution in [3.8, 4) is 11.4 Å². The molecule has 0 aliphatic carbocycles. The molecule has 0 saturated carbocycles. The van der Waals surface area contributed by atoms with Gasteiger partial charge in [0.2, 0.25) is 11.7 Å². The molecule has 3 aliphatic rings. The summed E-state index contributed by atoms with van der Waals surface area (Å²) in [6, 6.07) is 20.7. The number of benzene rings is 2. The molecule has 3 saturated heterocycles. The molecule has 28 heavy (non-hydrogen) atoms. The number of fused-ring (bicyclic) bond motifs is 4. The van der Waals surface area contributed by atoms with Gasteiger partial charge in [0.15, 0.2) is 0 Å². The topological polar surface area (TPSA) is 62.5 Å². The van der Waals surface area contributed by atoms with Gasteiger partial charge in [0.25, 0.3) is 0 Å². The van der Waals surface area contributed by atoms with Crippen molar-refractivity contribution in [1.82, 2.24) is 15.0 Å². The second kappa shape index (κ2) is 7.11. The molecule has 2 atom stereocenters. The van der Waals surface area contributed by atoms with Crippen molar-refractivity contribution >= 4 is 11.9 Å². The maximum absolute atomic E-state index is 13.0. The lowest BCUT2D eigenvalue weighted by Gasteiger charge is -2.35. The fraction of sp³-hybridized carbons (Fsp3) is 0.318. The molecule has 3 aromatic rings. The predicted octanol–water partition coefficient (Wildman–Crippen LogP) is 3.36. The second-order valence-corrected chi connectivity index (χ2v) is 7.55. The first-order valence-electron chi connectivity index (χ1n) is 9.76. The fourth-order valence-corrected chi connectivity index (χ4v) is 4.23. The molecule has 0 unspecified atom stereocenters. The van der Waals surface area contributed by atoms with Crippen LogP contribution in [0.1, 0.15) is 18.4 Å². The average Bonchev–Trinajstić information content (AvgIpc) is 3.08. The molecule has 6 rings (SSSR count). The number of hydrogen-bond acceptors (Lipinski definition) is 5. The van der Waals surface area contributed by atoms with Gasteiger partial charge >= 0.3 is 6.01 Å². The number of carbonyl (C=O) groups excluding carboxylic acids is 1. The van der Waals surface area contributed by atoms with Gasteiger partial charge in [-0.25, -0.2) is 0 Å². The van der Waals surface area contributed by atoms with E-state index in [2.05, 4.69) is 27.2 Å². The van der Waals surface area contributed by atoms with Crippen LogP contribution in [0.4, 0.5) is 6.01 Å². The number of aromatic nitrogens is 2. The van der Waals surface area contributed by atoms with Crippen LogP contribution in [0.5, 0.6) is 0 Å². The van der Waals surface area contributed by atoms with Gasteiger partial charge in [0.05, 0.1) is 5.92 Å². The molecule has 2 aromatic carbocycles. The molecule has 3 fully saturated rings. The van der Waals surface area contributed by atoms with E-state index in [0.29, 0.717) is 24.9 Å². The summed E-state index contributed by atoms with van der Waals surface area (Å²) in [6.07, 6.45) is 1.93. The second-order valence-electron chi connectivity index (χ2n) is 7.55. The highest BCUT2D eigenvalue weighted by Gasteiger charge is 2.41. The smallest absolute Gasteiger partial charge is 0.324 e. The number of amides is 1. The van der Waals surface area contributed by atoms with E-state index in [1.807, 2.05) is 53.4 Å². The molecule has 4 heterocycles.